The smallest absolute Gasteiger partial charge is 0.314 e. The van der Waals surface area contributed by atoms with Crippen LogP contribution in [-0.2, 0) is 13.0 Å². The van der Waals surface area contributed by atoms with Crippen molar-refractivity contribution in [3.8, 4) is 0 Å². The van der Waals surface area contributed by atoms with E-state index in [9.17, 15) is 13.6 Å². The molecule has 1 aromatic rings. The number of urea groups is 1. The van der Waals surface area contributed by atoms with Crippen molar-refractivity contribution in [2.24, 2.45) is 0 Å². The Morgan fingerprint density at radius 1 is 1.62 bits per heavy atom. The number of carbonyl (C=O) groups is 1. The summed E-state index contributed by atoms with van der Waals surface area (Å²) in [5.41, 5.74) is 0.678. The maximum absolute atomic E-state index is 12.0. The van der Waals surface area contributed by atoms with Gasteiger partial charge in [-0.15, -0.1) is 0 Å². The highest BCUT2D eigenvalue weighted by molar-refractivity contribution is 5.73. The van der Waals surface area contributed by atoms with Gasteiger partial charge in [-0.1, -0.05) is 0 Å². The van der Waals surface area contributed by atoms with Crippen molar-refractivity contribution in [2.75, 3.05) is 13.6 Å². The molecule has 0 radical (unpaired) electrons. The minimum atomic E-state index is -2.38. The molecule has 0 saturated carbocycles. The van der Waals surface area contributed by atoms with Gasteiger partial charge in [-0.25, -0.2) is 18.6 Å². The fraction of sp³-hybridized carbons (Fsp3) is 0.556. The van der Waals surface area contributed by atoms with E-state index in [2.05, 4.69) is 15.6 Å². The van der Waals surface area contributed by atoms with Gasteiger partial charge >= 0.3 is 6.03 Å². The summed E-state index contributed by atoms with van der Waals surface area (Å²) in [6.07, 6.45) is 1.05. The van der Waals surface area contributed by atoms with E-state index in [4.69, 9.17) is 0 Å². The molecule has 0 aromatic carbocycles. The van der Waals surface area contributed by atoms with E-state index in [-0.39, 0.29) is 12.6 Å². The fourth-order valence-corrected chi connectivity index (χ4v) is 1.19. The molecule has 0 fully saturated rings. The van der Waals surface area contributed by atoms with E-state index in [0.717, 1.165) is 0 Å². The van der Waals surface area contributed by atoms with Crippen molar-refractivity contribution in [1.29, 1.82) is 0 Å². The van der Waals surface area contributed by atoms with Crippen LogP contribution in [0, 0.1) is 0 Å². The van der Waals surface area contributed by atoms with E-state index < -0.39 is 6.43 Å². The molecule has 5 nitrogen and oxygen atoms in total. The summed E-state index contributed by atoms with van der Waals surface area (Å²) in [6, 6.07) is -0.271. The lowest BCUT2D eigenvalue weighted by Gasteiger charge is -2.02. The number of alkyl halides is 2. The van der Waals surface area contributed by atoms with Crippen molar-refractivity contribution in [2.45, 2.75) is 19.4 Å². The Balaban J connectivity index is 2.32. The normalized spacial score (nSPS) is 10.5. The molecular weight excluding hydrogens is 218 g/mol. The average Bonchev–Trinajstić information content (AvgIpc) is 2.64. The summed E-state index contributed by atoms with van der Waals surface area (Å²) in [4.78, 5) is 14.8. The van der Waals surface area contributed by atoms with Gasteiger partial charge in [-0.05, 0) is 0 Å². The molecule has 7 heteroatoms. The molecular formula is C9H14F2N4O. The number of hydrogen-bond acceptors (Lipinski definition) is 2. The molecule has 0 aliphatic rings. The van der Waals surface area contributed by atoms with Crippen LogP contribution in [0.15, 0.2) is 12.5 Å². The van der Waals surface area contributed by atoms with E-state index in [1.54, 1.807) is 6.20 Å². The van der Waals surface area contributed by atoms with Gasteiger partial charge in [-0.3, -0.25) is 0 Å². The van der Waals surface area contributed by atoms with Crippen LogP contribution >= 0.6 is 0 Å². The third-order valence-corrected chi connectivity index (χ3v) is 1.93. The predicted octanol–water partition coefficient (Wildman–Crippen LogP) is 0.620. The minimum absolute atomic E-state index is 0.271. The second-order valence-electron chi connectivity index (χ2n) is 3.21. The predicted molar refractivity (Wildman–Crippen MR) is 54.4 cm³/mol. The number of hydrogen-bond donors (Lipinski definition) is 2. The Morgan fingerprint density at radius 3 is 3.00 bits per heavy atom. The van der Waals surface area contributed by atoms with Crippen molar-refractivity contribution in [3.05, 3.63) is 18.2 Å². The zero-order valence-corrected chi connectivity index (χ0v) is 8.91. The van der Waals surface area contributed by atoms with Gasteiger partial charge in [0.2, 0.25) is 0 Å². The molecule has 2 N–H and O–H groups in total. The number of halogens is 2. The molecule has 2 amide bonds. The van der Waals surface area contributed by atoms with Gasteiger partial charge in [0.05, 0.1) is 18.6 Å². The fourth-order valence-electron chi connectivity index (χ4n) is 1.19. The number of nitrogens with one attached hydrogen (secondary N) is 2. The first kappa shape index (κ1) is 12.4. The molecule has 0 aliphatic carbocycles. The van der Waals surface area contributed by atoms with Crippen molar-refractivity contribution >= 4 is 6.03 Å². The summed E-state index contributed by atoms with van der Waals surface area (Å²) < 4.78 is 25.4. The van der Waals surface area contributed by atoms with Crippen LogP contribution in [0.3, 0.4) is 0 Å². The Morgan fingerprint density at radius 2 is 2.38 bits per heavy atom. The number of carbonyl (C=O) groups excluding carboxylic acids is 1. The zero-order chi connectivity index (χ0) is 12.0. The average molecular weight is 232 g/mol. The number of nitrogens with zero attached hydrogens (tertiary/aromatic N) is 2. The lowest BCUT2D eigenvalue weighted by molar-refractivity contribution is 0.126. The van der Waals surface area contributed by atoms with Gasteiger partial charge in [0.25, 0.3) is 6.43 Å². The van der Waals surface area contributed by atoms with Gasteiger partial charge in [0.15, 0.2) is 0 Å². The molecule has 0 unspecified atom stereocenters. The third kappa shape index (κ3) is 4.24. The molecule has 0 aliphatic heterocycles. The first-order chi connectivity index (χ1) is 7.61. The number of imidazole rings is 1. The van der Waals surface area contributed by atoms with E-state index >= 15 is 0 Å². The largest absolute Gasteiger partial charge is 0.341 e. The van der Waals surface area contributed by atoms with Crippen LogP contribution in [0.4, 0.5) is 13.6 Å². The molecule has 1 rings (SSSR count). The first-order valence-corrected chi connectivity index (χ1v) is 4.86. The third-order valence-electron chi connectivity index (χ3n) is 1.93. The van der Waals surface area contributed by atoms with Crippen LogP contribution in [0.5, 0.6) is 0 Å². The maximum Gasteiger partial charge on any atom is 0.314 e. The highest BCUT2D eigenvalue weighted by Crippen LogP contribution is 2.01. The second kappa shape index (κ2) is 6.04. The van der Waals surface area contributed by atoms with Crippen molar-refractivity contribution < 1.29 is 13.6 Å². The first-order valence-electron chi connectivity index (χ1n) is 4.86. The standard InChI is InChI=1S/C9H14F2N4O/c1-12-9(16)13-3-2-7-4-15(6-14-7)5-8(10)11/h4,6,8H,2-3,5H2,1H3,(H2,12,13,16). The quantitative estimate of drug-likeness (QED) is 0.781. The monoisotopic (exact) mass is 232 g/mol. The summed E-state index contributed by atoms with van der Waals surface area (Å²) >= 11 is 0. The Labute approximate surface area is 91.9 Å². The molecule has 0 spiro atoms. The number of rotatable bonds is 5. The molecule has 0 atom stereocenters. The van der Waals surface area contributed by atoms with Crippen molar-refractivity contribution in [3.63, 3.8) is 0 Å². The summed E-state index contributed by atoms with van der Waals surface area (Å²) in [6.45, 7) is 0.0707. The Kier molecular flexibility index (Phi) is 4.68. The topological polar surface area (TPSA) is 59.0 Å². The number of aromatic nitrogens is 2. The lowest BCUT2D eigenvalue weighted by atomic mass is 10.3. The minimum Gasteiger partial charge on any atom is -0.341 e. The highest BCUT2D eigenvalue weighted by atomic mass is 19.3. The SMILES string of the molecule is CNC(=O)NCCc1cn(CC(F)F)cn1. The van der Waals surface area contributed by atoms with Crippen LogP contribution in [0.1, 0.15) is 5.69 Å². The zero-order valence-electron chi connectivity index (χ0n) is 8.91. The van der Waals surface area contributed by atoms with E-state index in [1.807, 2.05) is 0 Å². The summed E-state index contributed by atoms with van der Waals surface area (Å²) in [5, 5.41) is 4.99. The van der Waals surface area contributed by atoms with E-state index in [1.165, 1.54) is 17.9 Å². The summed E-state index contributed by atoms with van der Waals surface area (Å²) in [5.74, 6) is 0. The molecule has 90 valence electrons. The van der Waals surface area contributed by atoms with Crippen molar-refractivity contribution in [1.82, 2.24) is 20.2 Å². The van der Waals surface area contributed by atoms with Gasteiger partial charge in [-0.2, -0.15) is 0 Å². The Hall–Kier alpha value is -1.66. The van der Waals surface area contributed by atoms with Gasteiger partial charge in [0, 0.05) is 26.2 Å². The van der Waals surface area contributed by atoms with Crippen LogP contribution < -0.4 is 10.6 Å². The molecule has 1 aromatic heterocycles. The molecule has 0 bridgehead atoms. The van der Waals surface area contributed by atoms with E-state index in [0.29, 0.717) is 18.7 Å². The van der Waals surface area contributed by atoms with Gasteiger partial charge < -0.3 is 15.2 Å². The lowest BCUT2D eigenvalue weighted by Crippen LogP contribution is -2.34. The maximum atomic E-state index is 12.0. The highest BCUT2D eigenvalue weighted by Gasteiger charge is 2.05. The molecule has 1 heterocycles. The number of amides is 2. The van der Waals surface area contributed by atoms with Crippen LogP contribution in [-0.4, -0.2) is 35.6 Å². The van der Waals surface area contributed by atoms with Crippen LogP contribution in [0.2, 0.25) is 0 Å². The summed E-state index contributed by atoms with van der Waals surface area (Å²) in [7, 11) is 1.52. The van der Waals surface area contributed by atoms with Gasteiger partial charge in [0.1, 0.15) is 0 Å². The molecule has 0 saturated heterocycles. The molecule has 16 heavy (non-hydrogen) atoms. The van der Waals surface area contributed by atoms with Crippen LogP contribution in [0.25, 0.3) is 0 Å². The Bertz CT molecular complexity index is 340. The second-order valence-corrected chi connectivity index (χ2v) is 3.21.